The van der Waals surface area contributed by atoms with Crippen molar-refractivity contribution < 1.29 is 9.90 Å². The van der Waals surface area contributed by atoms with E-state index in [9.17, 15) is 4.79 Å². The molecule has 1 N–H and O–H groups in total. The largest absolute Gasteiger partial charge is 0.392 e. The fraction of sp³-hybridized carbons (Fsp3) is 0.562. The van der Waals surface area contributed by atoms with E-state index in [1.54, 1.807) is 11.8 Å². The lowest BCUT2D eigenvalue weighted by Crippen LogP contribution is -2.29. The smallest absolute Gasteiger partial charge is 0.223 e. The lowest BCUT2D eigenvalue weighted by atomic mass is 9.98. The molecular formula is C16H23NO2S. The van der Waals surface area contributed by atoms with E-state index in [1.807, 2.05) is 23.3 Å². The van der Waals surface area contributed by atoms with Crippen molar-refractivity contribution in [2.45, 2.75) is 25.9 Å². The van der Waals surface area contributed by atoms with Crippen LogP contribution in [0.4, 0.5) is 0 Å². The second-order valence-electron chi connectivity index (χ2n) is 5.42. The molecule has 20 heavy (non-hydrogen) atoms. The molecule has 1 aliphatic heterocycles. The number of nitrogens with zero attached hydrogens (tertiary/aromatic N) is 1. The molecule has 2 rings (SSSR count). The number of rotatable bonds is 6. The summed E-state index contributed by atoms with van der Waals surface area (Å²) in [6.07, 6.45) is 4.83. The van der Waals surface area contributed by atoms with Crippen molar-refractivity contribution in [1.82, 2.24) is 4.90 Å². The zero-order valence-corrected chi connectivity index (χ0v) is 12.9. The topological polar surface area (TPSA) is 40.5 Å². The summed E-state index contributed by atoms with van der Waals surface area (Å²) in [5, 5.41) is 9.03. The molecule has 1 fully saturated rings. The van der Waals surface area contributed by atoms with Gasteiger partial charge in [-0.05, 0) is 36.1 Å². The average molecular weight is 293 g/mol. The quantitative estimate of drug-likeness (QED) is 0.875. The first-order valence-corrected chi connectivity index (χ1v) is 8.57. The Morgan fingerprint density at radius 3 is 2.70 bits per heavy atom. The molecule has 0 bridgehead atoms. The molecule has 1 saturated heterocycles. The highest BCUT2D eigenvalue weighted by Crippen LogP contribution is 2.22. The molecule has 1 unspecified atom stereocenters. The number of hydrogen-bond acceptors (Lipinski definition) is 3. The Balaban J connectivity index is 1.81. The third-order valence-corrected chi connectivity index (χ3v) is 4.50. The summed E-state index contributed by atoms with van der Waals surface area (Å²) in [5.74, 6) is 1.80. The SMILES string of the molecule is CSCCC(=O)N1CCC(Cc2ccc(CO)cc2)C1. The molecule has 4 heteroatoms. The maximum absolute atomic E-state index is 12.0. The van der Waals surface area contributed by atoms with E-state index in [-0.39, 0.29) is 6.61 Å². The van der Waals surface area contributed by atoms with Gasteiger partial charge in [0.15, 0.2) is 0 Å². The van der Waals surface area contributed by atoms with Gasteiger partial charge in [-0.1, -0.05) is 24.3 Å². The van der Waals surface area contributed by atoms with E-state index in [4.69, 9.17) is 5.11 Å². The third kappa shape index (κ3) is 4.25. The Morgan fingerprint density at radius 2 is 2.05 bits per heavy atom. The van der Waals surface area contributed by atoms with Gasteiger partial charge in [0, 0.05) is 25.3 Å². The molecule has 1 amide bonds. The summed E-state index contributed by atoms with van der Waals surface area (Å²) in [7, 11) is 0. The molecule has 1 aromatic carbocycles. The lowest BCUT2D eigenvalue weighted by molar-refractivity contribution is -0.129. The molecule has 1 atom stereocenters. The van der Waals surface area contributed by atoms with Crippen LogP contribution < -0.4 is 0 Å². The maximum Gasteiger partial charge on any atom is 0.223 e. The summed E-state index contributed by atoms with van der Waals surface area (Å²) in [4.78, 5) is 14.0. The minimum Gasteiger partial charge on any atom is -0.392 e. The summed E-state index contributed by atoms with van der Waals surface area (Å²) in [6, 6.07) is 8.13. The fourth-order valence-corrected chi connectivity index (χ4v) is 3.07. The van der Waals surface area contributed by atoms with E-state index in [0.29, 0.717) is 18.2 Å². The summed E-state index contributed by atoms with van der Waals surface area (Å²) in [6.45, 7) is 1.91. The van der Waals surface area contributed by atoms with Crippen molar-refractivity contribution in [3.8, 4) is 0 Å². The minimum atomic E-state index is 0.0986. The summed E-state index contributed by atoms with van der Waals surface area (Å²) < 4.78 is 0. The number of carbonyl (C=O) groups is 1. The molecule has 0 aromatic heterocycles. The summed E-state index contributed by atoms with van der Waals surface area (Å²) in [5.41, 5.74) is 2.25. The predicted molar refractivity (Wildman–Crippen MR) is 83.8 cm³/mol. The van der Waals surface area contributed by atoms with E-state index in [1.165, 1.54) is 5.56 Å². The van der Waals surface area contributed by atoms with E-state index >= 15 is 0 Å². The number of aliphatic hydroxyl groups excluding tert-OH is 1. The van der Waals surface area contributed by atoms with Crippen molar-refractivity contribution in [2.75, 3.05) is 25.1 Å². The van der Waals surface area contributed by atoms with Gasteiger partial charge in [0.2, 0.25) is 5.91 Å². The van der Waals surface area contributed by atoms with Gasteiger partial charge in [0.05, 0.1) is 6.61 Å². The van der Waals surface area contributed by atoms with Gasteiger partial charge >= 0.3 is 0 Å². The second-order valence-corrected chi connectivity index (χ2v) is 6.40. The molecule has 1 heterocycles. The van der Waals surface area contributed by atoms with Crippen LogP contribution in [0.1, 0.15) is 24.0 Å². The van der Waals surface area contributed by atoms with Gasteiger partial charge in [-0.25, -0.2) is 0 Å². The normalized spacial score (nSPS) is 18.5. The first kappa shape index (κ1) is 15.4. The number of thioether (sulfide) groups is 1. The molecule has 1 aliphatic rings. The zero-order chi connectivity index (χ0) is 14.4. The number of likely N-dealkylation sites (tertiary alicyclic amines) is 1. The highest BCUT2D eigenvalue weighted by Gasteiger charge is 2.25. The van der Waals surface area contributed by atoms with Crippen LogP contribution in [-0.4, -0.2) is 41.0 Å². The Hall–Kier alpha value is -1.00. The second kappa shape index (κ2) is 7.70. The van der Waals surface area contributed by atoms with Crippen LogP contribution in [-0.2, 0) is 17.8 Å². The Morgan fingerprint density at radius 1 is 1.35 bits per heavy atom. The van der Waals surface area contributed by atoms with Crippen molar-refractivity contribution in [2.24, 2.45) is 5.92 Å². The molecule has 1 aromatic rings. The van der Waals surface area contributed by atoms with Gasteiger partial charge in [0.1, 0.15) is 0 Å². The average Bonchev–Trinajstić information content (AvgIpc) is 2.94. The first-order chi connectivity index (χ1) is 9.72. The lowest BCUT2D eigenvalue weighted by Gasteiger charge is -2.16. The predicted octanol–water partition coefficient (Wildman–Crippen LogP) is 2.32. The zero-order valence-electron chi connectivity index (χ0n) is 12.0. The van der Waals surface area contributed by atoms with E-state index in [0.717, 1.165) is 37.2 Å². The van der Waals surface area contributed by atoms with Crippen LogP contribution in [0, 0.1) is 5.92 Å². The maximum atomic E-state index is 12.0. The van der Waals surface area contributed by atoms with Crippen LogP contribution in [0.2, 0.25) is 0 Å². The Labute approximate surface area is 125 Å². The highest BCUT2D eigenvalue weighted by atomic mass is 32.2. The Bertz CT molecular complexity index is 433. The highest BCUT2D eigenvalue weighted by molar-refractivity contribution is 7.98. The molecule has 0 spiro atoms. The summed E-state index contributed by atoms with van der Waals surface area (Å²) >= 11 is 1.73. The van der Waals surface area contributed by atoms with E-state index in [2.05, 4.69) is 12.1 Å². The molecule has 0 aliphatic carbocycles. The van der Waals surface area contributed by atoms with Gasteiger partial charge in [-0.3, -0.25) is 4.79 Å². The fourth-order valence-electron chi connectivity index (χ4n) is 2.69. The van der Waals surface area contributed by atoms with E-state index < -0.39 is 0 Å². The Kier molecular flexibility index (Phi) is 5.92. The minimum absolute atomic E-state index is 0.0986. The molecule has 3 nitrogen and oxygen atoms in total. The van der Waals surface area contributed by atoms with Gasteiger partial charge in [-0.2, -0.15) is 11.8 Å². The van der Waals surface area contributed by atoms with Crippen LogP contribution >= 0.6 is 11.8 Å². The van der Waals surface area contributed by atoms with Crippen molar-refractivity contribution >= 4 is 17.7 Å². The van der Waals surface area contributed by atoms with Crippen molar-refractivity contribution in [3.05, 3.63) is 35.4 Å². The number of benzene rings is 1. The first-order valence-electron chi connectivity index (χ1n) is 7.18. The van der Waals surface area contributed by atoms with Crippen molar-refractivity contribution in [1.29, 1.82) is 0 Å². The van der Waals surface area contributed by atoms with Gasteiger partial charge in [-0.15, -0.1) is 0 Å². The number of amides is 1. The molecular weight excluding hydrogens is 270 g/mol. The molecule has 110 valence electrons. The number of hydrogen-bond donors (Lipinski definition) is 1. The standard InChI is InChI=1S/C16H23NO2S/c1-20-9-7-16(19)17-8-6-15(11-17)10-13-2-4-14(12-18)5-3-13/h2-5,15,18H,6-12H2,1H3. The van der Waals surface area contributed by atoms with Gasteiger partial charge < -0.3 is 10.0 Å². The van der Waals surface area contributed by atoms with Gasteiger partial charge in [0.25, 0.3) is 0 Å². The number of carbonyl (C=O) groups excluding carboxylic acids is 1. The van der Waals surface area contributed by atoms with Crippen LogP contribution in [0.25, 0.3) is 0 Å². The molecule has 0 radical (unpaired) electrons. The van der Waals surface area contributed by atoms with Crippen LogP contribution in [0.5, 0.6) is 0 Å². The third-order valence-electron chi connectivity index (χ3n) is 3.89. The van der Waals surface area contributed by atoms with Crippen molar-refractivity contribution in [3.63, 3.8) is 0 Å². The van der Waals surface area contributed by atoms with Crippen LogP contribution in [0.3, 0.4) is 0 Å². The van der Waals surface area contributed by atoms with Crippen LogP contribution in [0.15, 0.2) is 24.3 Å². The molecule has 0 saturated carbocycles. The monoisotopic (exact) mass is 293 g/mol. The number of aliphatic hydroxyl groups is 1.